The van der Waals surface area contributed by atoms with E-state index in [1.807, 2.05) is 25.1 Å². The van der Waals surface area contributed by atoms with Crippen molar-refractivity contribution in [3.05, 3.63) is 68.2 Å². The normalized spacial score (nSPS) is 12.6. The van der Waals surface area contributed by atoms with E-state index in [-0.39, 0.29) is 23.9 Å². The first kappa shape index (κ1) is 20.3. The highest BCUT2D eigenvalue weighted by atomic mass is 79.9. The van der Waals surface area contributed by atoms with Crippen LogP contribution in [0.5, 0.6) is 0 Å². The molecule has 154 valence electrons. The van der Waals surface area contributed by atoms with Crippen LogP contribution in [0, 0.1) is 6.92 Å². The van der Waals surface area contributed by atoms with Gasteiger partial charge >= 0.3 is 0 Å². The lowest BCUT2D eigenvalue weighted by molar-refractivity contribution is -0.116. The van der Waals surface area contributed by atoms with Gasteiger partial charge in [-0.3, -0.25) is 19.0 Å². The highest BCUT2D eigenvalue weighted by Gasteiger charge is 2.19. The van der Waals surface area contributed by atoms with Gasteiger partial charge in [0.05, 0.1) is 17.4 Å². The first-order valence-corrected chi connectivity index (χ1v) is 10.5. The maximum atomic E-state index is 12.8. The minimum atomic E-state index is -0.304. The van der Waals surface area contributed by atoms with Gasteiger partial charge in [-0.2, -0.15) is 0 Å². The van der Waals surface area contributed by atoms with Gasteiger partial charge in [0, 0.05) is 35.7 Å². The summed E-state index contributed by atoms with van der Waals surface area (Å²) in [6.07, 6.45) is 1.67. The van der Waals surface area contributed by atoms with Crippen molar-refractivity contribution in [2.75, 3.05) is 18.9 Å². The third-order valence-corrected chi connectivity index (χ3v) is 5.75. The standard InChI is InChI=1S/C22H21BrN4O3/c1-13-10-15(23)6-8-17(13)25-20(28)12-26(2)21(29)14-5-7-16-18(11-14)24-19-4-3-9-27(19)22(16)30/h5-8,10-11H,3-4,9,12H2,1-2H3,(H,25,28). The molecule has 30 heavy (non-hydrogen) atoms. The van der Waals surface area contributed by atoms with Crippen LogP contribution >= 0.6 is 15.9 Å². The summed E-state index contributed by atoms with van der Waals surface area (Å²) < 4.78 is 2.63. The summed E-state index contributed by atoms with van der Waals surface area (Å²) in [7, 11) is 1.57. The van der Waals surface area contributed by atoms with Crippen LogP contribution in [0.15, 0.2) is 45.7 Å². The van der Waals surface area contributed by atoms with Gasteiger partial charge in [-0.1, -0.05) is 15.9 Å². The summed E-state index contributed by atoms with van der Waals surface area (Å²) in [6.45, 7) is 2.50. The molecule has 0 saturated heterocycles. The molecule has 0 bridgehead atoms. The summed E-state index contributed by atoms with van der Waals surface area (Å²) in [5.74, 6) is 0.169. The number of rotatable bonds is 4. The summed E-state index contributed by atoms with van der Waals surface area (Å²) in [4.78, 5) is 43.7. The molecule has 1 aliphatic rings. The molecule has 1 aromatic heterocycles. The van der Waals surface area contributed by atoms with E-state index in [1.54, 1.807) is 29.8 Å². The van der Waals surface area contributed by atoms with Gasteiger partial charge in [0.2, 0.25) is 5.91 Å². The summed E-state index contributed by atoms with van der Waals surface area (Å²) in [5.41, 5.74) is 2.47. The predicted octanol–water partition coefficient (Wildman–Crippen LogP) is 3.12. The number of aryl methyl sites for hydroxylation is 2. The fourth-order valence-corrected chi connectivity index (χ4v) is 4.16. The molecule has 0 fully saturated rings. The van der Waals surface area contributed by atoms with Crippen molar-refractivity contribution < 1.29 is 9.59 Å². The number of nitrogens with zero attached hydrogens (tertiary/aromatic N) is 3. The number of nitrogens with one attached hydrogen (secondary N) is 1. The second kappa shape index (κ2) is 8.02. The van der Waals surface area contributed by atoms with Crippen molar-refractivity contribution in [3.8, 4) is 0 Å². The first-order chi connectivity index (χ1) is 14.3. The van der Waals surface area contributed by atoms with Gasteiger partial charge in [-0.15, -0.1) is 0 Å². The fourth-order valence-electron chi connectivity index (χ4n) is 3.68. The van der Waals surface area contributed by atoms with Crippen molar-refractivity contribution in [2.24, 2.45) is 0 Å². The fraction of sp³-hybridized carbons (Fsp3) is 0.273. The Balaban J connectivity index is 1.50. The van der Waals surface area contributed by atoms with Crippen molar-refractivity contribution in [3.63, 3.8) is 0 Å². The Hall–Kier alpha value is -3.00. The molecule has 0 saturated carbocycles. The summed E-state index contributed by atoms with van der Waals surface area (Å²) in [5, 5.41) is 3.33. The van der Waals surface area contributed by atoms with Crippen molar-refractivity contribution in [1.29, 1.82) is 0 Å². The maximum Gasteiger partial charge on any atom is 0.261 e. The molecule has 0 atom stereocenters. The molecule has 2 heterocycles. The minimum absolute atomic E-state index is 0.0656. The number of fused-ring (bicyclic) bond motifs is 2. The molecule has 0 spiro atoms. The van der Waals surface area contributed by atoms with Crippen LogP contribution in [0.3, 0.4) is 0 Å². The highest BCUT2D eigenvalue weighted by Crippen LogP contribution is 2.20. The van der Waals surface area contributed by atoms with Crippen LogP contribution < -0.4 is 10.9 Å². The molecule has 1 N–H and O–H groups in total. The smallest absolute Gasteiger partial charge is 0.261 e. The lowest BCUT2D eigenvalue weighted by atomic mass is 10.1. The molecule has 0 aliphatic carbocycles. The number of anilines is 1. The Labute approximate surface area is 181 Å². The Morgan fingerprint density at radius 3 is 2.80 bits per heavy atom. The van der Waals surface area contributed by atoms with Gasteiger partial charge in [0.25, 0.3) is 11.5 Å². The Morgan fingerprint density at radius 2 is 2.03 bits per heavy atom. The number of halogens is 1. The average Bonchev–Trinajstić information content (AvgIpc) is 3.18. The van der Waals surface area contributed by atoms with E-state index in [0.29, 0.717) is 28.7 Å². The molecular weight excluding hydrogens is 448 g/mol. The van der Waals surface area contributed by atoms with Gasteiger partial charge < -0.3 is 10.2 Å². The van der Waals surface area contributed by atoms with E-state index in [4.69, 9.17) is 0 Å². The van der Waals surface area contributed by atoms with Crippen LogP contribution in [0.4, 0.5) is 5.69 Å². The van der Waals surface area contributed by atoms with Crippen molar-refractivity contribution >= 4 is 44.3 Å². The second-order valence-corrected chi connectivity index (χ2v) is 8.40. The number of carbonyl (C=O) groups excluding carboxylic acids is 2. The lowest BCUT2D eigenvalue weighted by Crippen LogP contribution is -2.35. The predicted molar refractivity (Wildman–Crippen MR) is 119 cm³/mol. The molecule has 3 aromatic rings. The molecule has 0 unspecified atom stereocenters. The molecule has 8 heteroatoms. The zero-order valence-corrected chi connectivity index (χ0v) is 18.3. The Kier molecular flexibility index (Phi) is 5.42. The zero-order chi connectivity index (χ0) is 21.4. The third-order valence-electron chi connectivity index (χ3n) is 5.25. The van der Waals surface area contributed by atoms with Gasteiger partial charge in [0.1, 0.15) is 5.82 Å². The largest absolute Gasteiger partial charge is 0.332 e. The van der Waals surface area contributed by atoms with Crippen LogP contribution in [0.25, 0.3) is 10.9 Å². The van der Waals surface area contributed by atoms with Crippen molar-refractivity contribution in [2.45, 2.75) is 26.3 Å². The van der Waals surface area contributed by atoms with Gasteiger partial charge in [-0.05, 0) is 55.3 Å². The summed E-state index contributed by atoms with van der Waals surface area (Å²) in [6, 6.07) is 10.5. The number of hydrogen-bond acceptors (Lipinski definition) is 4. The van der Waals surface area contributed by atoms with E-state index in [1.165, 1.54) is 4.90 Å². The van der Waals surface area contributed by atoms with E-state index in [0.717, 1.165) is 28.7 Å². The number of carbonyl (C=O) groups is 2. The molecule has 2 amide bonds. The van der Waals surface area contributed by atoms with E-state index in [9.17, 15) is 14.4 Å². The number of amides is 2. The quantitative estimate of drug-likeness (QED) is 0.637. The molecule has 4 rings (SSSR count). The maximum absolute atomic E-state index is 12.8. The average molecular weight is 469 g/mol. The molecular formula is C22H21BrN4O3. The Morgan fingerprint density at radius 1 is 1.23 bits per heavy atom. The highest BCUT2D eigenvalue weighted by molar-refractivity contribution is 9.10. The van der Waals surface area contributed by atoms with Gasteiger partial charge in [-0.25, -0.2) is 4.98 Å². The van der Waals surface area contributed by atoms with Crippen LogP contribution in [0.1, 0.15) is 28.2 Å². The van der Waals surface area contributed by atoms with E-state index < -0.39 is 0 Å². The lowest BCUT2D eigenvalue weighted by Gasteiger charge is -2.18. The first-order valence-electron chi connectivity index (χ1n) is 9.68. The topological polar surface area (TPSA) is 84.3 Å². The number of aromatic nitrogens is 2. The number of benzene rings is 2. The van der Waals surface area contributed by atoms with Gasteiger partial charge in [0.15, 0.2) is 0 Å². The zero-order valence-electron chi connectivity index (χ0n) is 16.7. The van der Waals surface area contributed by atoms with Crippen LogP contribution in [-0.4, -0.2) is 39.9 Å². The molecule has 1 aliphatic heterocycles. The third kappa shape index (κ3) is 3.87. The monoisotopic (exact) mass is 468 g/mol. The Bertz CT molecular complexity index is 1240. The number of hydrogen-bond donors (Lipinski definition) is 1. The SMILES string of the molecule is Cc1cc(Br)ccc1NC(=O)CN(C)C(=O)c1ccc2c(=O)n3c(nc2c1)CCC3. The minimum Gasteiger partial charge on any atom is -0.332 e. The second-order valence-electron chi connectivity index (χ2n) is 7.49. The van der Waals surface area contributed by atoms with Crippen LogP contribution in [-0.2, 0) is 17.8 Å². The number of likely N-dealkylation sites (N-methyl/N-ethyl adjacent to an activating group) is 1. The van der Waals surface area contributed by atoms with Crippen molar-refractivity contribution in [1.82, 2.24) is 14.5 Å². The summed E-state index contributed by atoms with van der Waals surface area (Å²) >= 11 is 3.39. The molecule has 0 radical (unpaired) electrons. The van der Waals surface area contributed by atoms with Crippen LogP contribution in [0.2, 0.25) is 0 Å². The molecule has 2 aromatic carbocycles. The van der Waals surface area contributed by atoms with E-state index in [2.05, 4.69) is 26.2 Å². The molecule has 7 nitrogen and oxygen atoms in total. The van der Waals surface area contributed by atoms with E-state index >= 15 is 0 Å².